The van der Waals surface area contributed by atoms with Crippen LogP contribution in [0.4, 0.5) is 0 Å². The second-order valence-electron chi connectivity index (χ2n) is 8.18. The van der Waals surface area contributed by atoms with E-state index in [1.807, 2.05) is 12.1 Å². The number of nitrogens with one attached hydrogen (secondary N) is 1. The van der Waals surface area contributed by atoms with Crippen molar-refractivity contribution in [2.24, 2.45) is 5.73 Å². The van der Waals surface area contributed by atoms with E-state index in [1.54, 1.807) is 19.1 Å². The second kappa shape index (κ2) is 9.19. The molecule has 3 N–H and O–H groups in total. The number of primary amides is 1. The summed E-state index contributed by atoms with van der Waals surface area (Å²) >= 11 is 1.48. The lowest BCUT2D eigenvalue weighted by Gasteiger charge is -2.43. The van der Waals surface area contributed by atoms with Crippen LogP contribution in [0.25, 0.3) is 0 Å². The lowest BCUT2D eigenvalue weighted by atomic mass is 9.82. The van der Waals surface area contributed by atoms with Crippen LogP contribution in [0, 0.1) is 0 Å². The summed E-state index contributed by atoms with van der Waals surface area (Å²) in [5.74, 6) is -0.336. The van der Waals surface area contributed by atoms with Crippen molar-refractivity contribution in [1.29, 1.82) is 0 Å². The third-order valence-corrected chi connectivity index (χ3v) is 9.35. The van der Waals surface area contributed by atoms with Gasteiger partial charge in [-0.15, -0.1) is 23.7 Å². The number of halogens is 1. The van der Waals surface area contributed by atoms with E-state index < -0.39 is 15.7 Å². The molecule has 1 unspecified atom stereocenters. The SMILES string of the molecule is CCS(=O)(=O)c1ccc(Cc2c(C(N)=O)sc3c2CC(C)OC32CCNCC2)cc1.Cl. The van der Waals surface area contributed by atoms with Gasteiger partial charge in [-0.25, -0.2) is 8.42 Å². The number of benzene rings is 1. The van der Waals surface area contributed by atoms with Gasteiger partial charge < -0.3 is 15.8 Å². The number of amides is 1. The van der Waals surface area contributed by atoms with Crippen molar-refractivity contribution < 1.29 is 17.9 Å². The molecule has 1 amide bonds. The van der Waals surface area contributed by atoms with Gasteiger partial charge >= 0.3 is 0 Å². The van der Waals surface area contributed by atoms with Crippen LogP contribution in [-0.4, -0.2) is 39.3 Å². The van der Waals surface area contributed by atoms with Crippen LogP contribution in [-0.2, 0) is 33.0 Å². The van der Waals surface area contributed by atoms with Crippen molar-refractivity contribution in [3.8, 4) is 0 Å². The fourth-order valence-corrected chi connectivity index (χ4v) is 6.87. The van der Waals surface area contributed by atoms with Gasteiger partial charge in [0, 0.05) is 4.88 Å². The molecule has 2 aromatic rings. The van der Waals surface area contributed by atoms with Crippen molar-refractivity contribution in [1.82, 2.24) is 5.32 Å². The van der Waals surface area contributed by atoms with Crippen LogP contribution in [0.15, 0.2) is 29.2 Å². The zero-order valence-corrected chi connectivity index (χ0v) is 20.2. The number of carbonyl (C=O) groups excluding carboxylic acids is 1. The Morgan fingerprint density at radius 2 is 1.90 bits per heavy atom. The number of hydrogen-bond acceptors (Lipinski definition) is 6. The van der Waals surface area contributed by atoms with Gasteiger partial charge in [0.15, 0.2) is 9.84 Å². The standard InChI is InChI=1S/C22H28N2O4S2.ClH/c1-3-30(26,27)16-6-4-15(5-7-16)13-17-18-12-14(2)28-22(8-10-24-11-9-22)20(18)29-19(17)21(23)25;/h4-7,14,24H,3,8-13H2,1-2H3,(H2,23,25);1H. The highest BCUT2D eigenvalue weighted by molar-refractivity contribution is 7.91. The highest BCUT2D eigenvalue weighted by Crippen LogP contribution is 2.48. The molecule has 1 spiro atoms. The number of sulfone groups is 1. The predicted molar refractivity (Wildman–Crippen MR) is 125 cm³/mol. The van der Waals surface area contributed by atoms with Gasteiger partial charge in [0.05, 0.1) is 21.6 Å². The second-order valence-corrected chi connectivity index (χ2v) is 11.5. The quantitative estimate of drug-likeness (QED) is 0.679. The summed E-state index contributed by atoms with van der Waals surface area (Å²) in [6.07, 6.45) is 3.14. The minimum atomic E-state index is -3.23. The molecule has 0 radical (unpaired) electrons. The molecular formula is C22H29ClN2O4S2. The molecule has 1 aromatic heterocycles. The Labute approximate surface area is 193 Å². The fraction of sp³-hybridized carbons (Fsp3) is 0.500. The van der Waals surface area contributed by atoms with Crippen molar-refractivity contribution >= 4 is 39.5 Å². The van der Waals surface area contributed by atoms with Crippen LogP contribution in [0.1, 0.15) is 57.9 Å². The Balaban J connectivity index is 0.00000272. The summed E-state index contributed by atoms with van der Waals surface area (Å²) < 4.78 is 30.6. The monoisotopic (exact) mass is 484 g/mol. The number of fused-ring (bicyclic) bond motifs is 2. The van der Waals surface area contributed by atoms with E-state index >= 15 is 0 Å². The Morgan fingerprint density at radius 3 is 2.48 bits per heavy atom. The topological polar surface area (TPSA) is 98.5 Å². The Hall–Kier alpha value is -1.45. The molecule has 3 heterocycles. The van der Waals surface area contributed by atoms with E-state index in [1.165, 1.54) is 16.9 Å². The molecule has 4 rings (SSSR count). The minimum Gasteiger partial charge on any atom is -0.366 e. The summed E-state index contributed by atoms with van der Waals surface area (Å²) in [5, 5.41) is 3.39. The Kier molecular flexibility index (Phi) is 7.18. The number of thiophene rings is 1. The average Bonchev–Trinajstić information content (AvgIpc) is 3.08. The average molecular weight is 485 g/mol. The van der Waals surface area contributed by atoms with E-state index in [-0.39, 0.29) is 29.9 Å². The summed E-state index contributed by atoms with van der Waals surface area (Å²) in [6, 6.07) is 6.97. The first-order valence-electron chi connectivity index (χ1n) is 10.4. The molecule has 31 heavy (non-hydrogen) atoms. The maximum absolute atomic E-state index is 12.3. The first kappa shape index (κ1) is 24.2. The van der Waals surface area contributed by atoms with Crippen molar-refractivity contribution in [3.63, 3.8) is 0 Å². The number of piperidine rings is 1. The Morgan fingerprint density at radius 1 is 1.26 bits per heavy atom. The fourth-order valence-electron chi connectivity index (χ4n) is 4.60. The first-order valence-corrected chi connectivity index (χ1v) is 12.9. The number of nitrogens with two attached hydrogens (primary N) is 1. The molecule has 1 fully saturated rings. The minimum absolute atomic E-state index is 0. The van der Waals surface area contributed by atoms with Gasteiger partial charge in [-0.2, -0.15) is 0 Å². The van der Waals surface area contributed by atoms with Gasteiger partial charge in [-0.05, 0) is 74.5 Å². The molecule has 6 nitrogen and oxygen atoms in total. The van der Waals surface area contributed by atoms with E-state index in [0.29, 0.717) is 16.2 Å². The smallest absolute Gasteiger partial charge is 0.259 e. The van der Waals surface area contributed by atoms with E-state index in [0.717, 1.165) is 48.4 Å². The maximum Gasteiger partial charge on any atom is 0.259 e. The number of rotatable bonds is 5. The van der Waals surface area contributed by atoms with E-state index in [9.17, 15) is 13.2 Å². The normalized spacial score (nSPS) is 20.1. The van der Waals surface area contributed by atoms with Crippen LogP contribution < -0.4 is 11.1 Å². The van der Waals surface area contributed by atoms with Gasteiger partial charge in [-0.3, -0.25) is 4.79 Å². The maximum atomic E-state index is 12.3. The lowest BCUT2D eigenvalue weighted by molar-refractivity contribution is -0.117. The van der Waals surface area contributed by atoms with Crippen LogP contribution in [0.3, 0.4) is 0 Å². The molecule has 0 saturated carbocycles. The van der Waals surface area contributed by atoms with Crippen molar-refractivity contribution in [2.75, 3.05) is 18.8 Å². The molecule has 1 atom stereocenters. The number of hydrogen-bond donors (Lipinski definition) is 2. The van der Waals surface area contributed by atoms with Crippen LogP contribution in [0.5, 0.6) is 0 Å². The molecular weight excluding hydrogens is 456 g/mol. The predicted octanol–water partition coefficient (Wildman–Crippen LogP) is 3.19. The summed E-state index contributed by atoms with van der Waals surface area (Å²) in [7, 11) is -3.23. The molecule has 9 heteroatoms. The zero-order valence-electron chi connectivity index (χ0n) is 17.8. The van der Waals surface area contributed by atoms with Crippen molar-refractivity contribution in [3.05, 3.63) is 50.7 Å². The molecule has 0 aliphatic carbocycles. The number of ether oxygens (including phenoxy) is 1. The third-order valence-electron chi connectivity index (χ3n) is 6.13. The molecule has 2 aliphatic rings. The molecule has 170 valence electrons. The summed E-state index contributed by atoms with van der Waals surface area (Å²) in [4.78, 5) is 14.4. The zero-order chi connectivity index (χ0) is 21.5. The van der Waals surface area contributed by atoms with E-state index in [2.05, 4.69) is 12.2 Å². The third kappa shape index (κ3) is 4.54. The van der Waals surface area contributed by atoms with Gasteiger partial charge in [0.25, 0.3) is 5.91 Å². The van der Waals surface area contributed by atoms with Gasteiger partial charge in [-0.1, -0.05) is 19.1 Å². The largest absolute Gasteiger partial charge is 0.366 e. The first-order chi connectivity index (χ1) is 14.3. The number of carbonyl (C=O) groups is 1. The molecule has 1 aromatic carbocycles. The molecule has 2 aliphatic heterocycles. The van der Waals surface area contributed by atoms with Crippen LogP contribution >= 0.6 is 23.7 Å². The Bertz CT molecular complexity index is 1060. The lowest BCUT2D eigenvalue weighted by Crippen LogP contribution is -2.46. The van der Waals surface area contributed by atoms with Gasteiger partial charge in [0.2, 0.25) is 0 Å². The van der Waals surface area contributed by atoms with Crippen molar-refractivity contribution in [2.45, 2.75) is 56.1 Å². The highest BCUT2D eigenvalue weighted by Gasteiger charge is 2.44. The van der Waals surface area contributed by atoms with Gasteiger partial charge in [0.1, 0.15) is 5.60 Å². The molecule has 0 bridgehead atoms. The summed E-state index contributed by atoms with van der Waals surface area (Å²) in [5.41, 5.74) is 8.56. The summed E-state index contributed by atoms with van der Waals surface area (Å²) in [6.45, 7) is 5.50. The molecule has 1 saturated heterocycles. The van der Waals surface area contributed by atoms with Crippen LogP contribution in [0.2, 0.25) is 0 Å². The van der Waals surface area contributed by atoms with E-state index in [4.69, 9.17) is 10.5 Å². The highest BCUT2D eigenvalue weighted by atomic mass is 35.5.